The zero-order chi connectivity index (χ0) is 18.3. The fraction of sp³-hybridized carbons (Fsp3) is 0.579. The van der Waals surface area contributed by atoms with E-state index in [9.17, 15) is 14.7 Å². The molecule has 1 aromatic rings. The van der Waals surface area contributed by atoms with Gasteiger partial charge in [-0.2, -0.15) is 0 Å². The SMILES string of the molecule is COC1(CO)CCN(C(=O)CCN(Cc2ccccc2)C(C)=O)CC1. The van der Waals surface area contributed by atoms with Crippen molar-refractivity contribution in [3.8, 4) is 0 Å². The molecule has 138 valence electrons. The van der Waals surface area contributed by atoms with Crippen LogP contribution in [0.4, 0.5) is 0 Å². The lowest BCUT2D eigenvalue weighted by molar-refractivity contribution is -0.140. The van der Waals surface area contributed by atoms with Gasteiger partial charge in [0.25, 0.3) is 0 Å². The number of ether oxygens (including phenoxy) is 1. The molecule has 1 aliphatic heterocycles. The molecule has 0 saturated carbocycles. The number of carbonyl (C=O) groups is 2. The Hall–Kier alpha value is -1.92. The molecule has 0 radical (unpaired) electrons. The zero-order valence-electron chi connectivity index (χ0n) is 15.1. The van der Waals surface area contributed by atoms with Gasteiger partial charge in [0, 0.05) is 46.6 Å². The van der Waals surface area contributed by atoms with Crippen LogP contribution in [0.2, 0.25) is 0 Å². The number of amides is 2. The first-order valence-corrected chi connectivity index (χ1v) is 8.73. The number of likely N-dealkylation sites (tertiary alicyclic amines) is 1. The Kier molecular flexibility index (Phi) is 6.96. The highest BCUT2D eigenvalue weighted by atomic mass is 16.5. The van der Waals surface area contributed by atoms with Crippen molar-refractivity contribution >= 4 is 11.8 Å². The number of aliphatic hydroxyl groups excluding tert-OH is 1. The molecule has 6 nitrogen and oxygen atoms in total. The fourth-order valence-corrected chi connectivity index (χ4v) is 3.13. The van der Waals surface area contributed by atoms with Crippen molar-refractivity contribution in [1.29, 1.82) is 0 Å². The van der Waals surface area contributed by atoms with Gasteiger partial charge >= 0.3 is 0 Å². The number of rotatable bonds is 7. The van der Waals surface area contributed by atoms with Crippen LogP contribution in [0.5, 0.6) is 0 Å². The maximum atomic E-state index is 12.4. The Labute approximate surface area is 149 Å². The van der Waals surface area contributed by atoms with Crippen molar-refractivity contribution in [3.05, 3.63) is 35.9 Å². The van der Waals surface area contributed by atoms with E-state index in [1.165, 1.54) is 6.92 Å². The third kappa shape index (κ3) is 5.28. The predicted molar refractivity (Wildman–Crippen MR) is 94.8 cm³/mol. The highest BCUT2D eigenvalue weighted by Crippen LogP contribution is 2.25. The number of methoxy groups -OCH3 is 1. The van der Waals surface area contributed by atoms with Crippen LogP contribution >= 0.6 is 0 Å². The summed E-state index contributed by atoms with van der Waals surface area (Å²) in [5.74, 6) is 0.0101. The van der Waals surface area contributed by atoms with E-state index in [2.05, 4.69) is 0 Å². The molecule has 0 unspecified atom stereocenters. The lowest BCUT2D eigenvalue weighted by Crippen LogP contribution is -2.50. The van der Waals surface area contributed by atoms with E-state index in [0.717, 1.165) is 5.56 Å². The molecule has 0 bridgehead atoms. The molecule has 2 rings (SSSR count). The van der Waals surface area contributed by atoms with Crippen molar-refractivity contribution in [1.82, 2.24) is 9.80 Å². The fourth-order valence-electron chi connectivity index (χ4n) is 3.13. The van der Waals surface area contributed by atoms with Crippen LogP contribution in [-0.4, -0.2) is 65.7 Å². The van der Waals surface area contributed by atoms with Crippen LogP contribution in [0, 0.1) is 0 Å². The Morgan fingerprint density at radius 3 is 2.40 bits per heavy atom. The Bertz CT molecular complexity index is 562. The number of aliphatic hydroxyl groups is 1. The normalized spacial score (nSPS) is 16.5. The largest absolute Gasteiger partial charge is 0.393 e. The van der Waals surface area contributed by atoms with Crippen LogP contribution in [0.3, 0.4) is 0 Å². The standard InChI is InChI=1S/C19H28N2O4/c1-16(23)21(14-17-6-4-3-5-7-17)11-8-18(24)20-12-9-19(15-22,25-2)10-13-20/h3-7,22H,8-15H2,1-2H3. The van der Waals surface area contributed by atoms with Crippen molar-refractivity contribution in [2.24, 2.45) is 0 Å². The smallest absolute Gasteiger partial charge is 0.224 e. The molecule has 0 spiro atoms. The molecule has 1 aliphatic rings. The number of carbonyl (C=O) groups excluding carboxylic acids is 2. The minimum absolute atomic E-state index is 0.0271. The predicted octanol–water partition coefficient (Wildman–Crippen LogP) is 1.43. The lowest BCUT2D eigenvalue weighted by Gasteiger charge is -2.39. The Morgan fingerprint density at radius 1 is 1.24 bits per heavy atom. The number of hydrogen-bond donors (Lipinski definition) is 1. The summed E-state index contributed by atoms with van der Waals surface area (Å²) < 4.78 is 5.41. The van der Waals surface area contributed by atoms with Crippen LogP contribution in [0.15, 0.2) is 30.3 Å². The molecule has 0 aliphatic carbocycles. The third-order valence-corrected chi connectivity index (χ3v) is 5.01. The van der Waals surface area contributed by atoms with Gasteiger partial charge in [0.2, 0.25) is 11.8 Å². The molecule has 6 heteroatoms. The van der Waals surface area contributed by atoms with Gasteiger partial charge in [0.05, 0.1) is 12.2 Å². The minimum Gasteiger partial charge on any atom is -0.393 e. The quantitative estimate of drug-likeness (QED) is 0.809. The zero-order valence-corrected chi connectivity index (χ0v) is 15.1. The molecule has 1 aromatic carbocycles. The van der Waals surface area contributed by atoms with Crippen LogP contribution in [0.1, 0.15) is 31.7 Å². The summed E-state index contributed by atoms with van der Waals surface area (Å²) in [6.07, 6.45) is 1.57. The van der Waals surface area contributed by atoms with Crippen molar-refractivity contribution < 1.29 is 19.4 Å². The maximum absolute atomic E-state index is 12.4. The first-order valence-electron chi connectivity index (χ1n) is 8.73. The van der Waals surface area contributed by atoms with Crippen molar-refractivity contribution in [2.45, 2.75) is 38.3 Å². The molecule has 25 heavy (non-hydrogen) atoms. The molecule has 1 N–H and O–H groups in total. The molecule has 2 amide bonds. The number of piperidine rings is 1. The number of hydrogen-bond acceptors (Lipinski definition) is 4. The molecule has 0 aromatic heterocycles. The summed E-state index contributed by atoms with van der Waals surface area (Å²) in [4.78, 5) is 27.8. The second-order valence-corrected chi connectivity index (χ2v) is 6.60. The van der Waals surface area contributed by atoms with Gasteiger partial charge in [0.1, 0.15) is 0 Å². The molecule has 0 atom stereocenters. The topological polar surface area (TPSA) is 70.1 Å². The highest BCUT2D eigenvalue weighted by Gasteiger charge is 2.35. The second kappa shape index (κ2) is 8.97. The van der Waals surface area contributed by atoms with E-state index in [1.54, 1.807) is 16.9 Å². The van der Waals surface area contributed by atoms with Crippen molar-refractivity contribution in [2.75, 3.05) is 33.4 Å². The lowest BCUT2D eigenvalue weighted by atomic mass is 9.92. The summed E-state index contributed by atoms with van der Waals surface area (Å²) in [6.45, 7) is 3.58. The summed E-state index contributed by atoms with van der Waals surface area (Å²) in [6, 6.07) is 9.77. The van der Waals surface area contributed by atoms with Gasteiger partial charge < -0.3 is 19.6 Å². The summed E-state index contributed by atoms with van der Waals surface area (Å²) in [7, 11) is 1.60. The summed E-state index contributed by atoms with van der Waals surface area (Å²) in [5.41, 5.74) is 0.533. The van der Waals surface area contributed by atoms with Gasteiger partial charge in [-0.1, -0.05) is 30.3 Å². The maximum Gasteiger partial charge on any atom is 0.224 e. The average Bonchev–Trinajstić information content (AvgIpc) is 2.65. The molecule has 1 saturated heterocycles. The van der Waals surface area contributed by atoms with Gasteiger partial charge in [-0.05, 0) is 18.4 Å². The molecular weight excluding hydrogens is 320 g/mol. The molecule has 1 heterocycles. The molecule has 1 fully saturated rings. The first-order chi connectivity index (χ1) is 12.0. The van der Waals surface area contributed by atoms with E-state index >= 15 is 0 Å². The summed E-state index contributed by atoms with van der Waals surface area (Å²) >= 11 is 0. The number of nitrogens with zero attached hydrogens (tertiary/aromatic N) is 2. The third-order valence-electron chi connectivity index (χ3n) is 5.01. The average molecular weight is 348 g/mol. The molecular formula is C19H28N2O4. The van der Waals surface area contributed by atoms with Gasteiger partial charge in [-0.3, -0.25) is 9.59 Å². The summed E-state index contributed by atoms with van der Waals surface area (Å²) in [5, 5.41) is 9.47. The highest BCUT2D eigenvalue weighted by molar-refractivity contribution is 5.78. The number of benzene rings is 1. The van der Waals surface area contributed by atoms with Crippen LogP contribution in [-0.2, 0) is 20.9 Å². The van der Waals surface area contributed by atoms with Gasteiger partial charge in [-0.15, -0.1) is 0 Å². The second-order valence-electron chi connectivity index (χ2n) is 6.60. The van der Waals surface area contributed by atoms with Crippen LogP contribution < -0.4 is 0 Å². The van der Waals surface area contributed by atoms with E-state index in [1.807, 2.05) is 30.3 Å². The first kappa shape index (κ1) is 19.4. The minimum atomic E-state index is -0.518. The Balaban J connectivity index is 1.84. The van der Waals surface area contributed by atoms with Gasteiger partial charge in [-0.25, -0.2) is 0 Å². The van der Waals surface area contributed by atoms with E-state index < -0.39 is 5.60 Å². The van der Waals surface area contributed by atoms with Gasteiger partial charge in [0.15, 0.2) is 0 Å². The monoisotopic (exact) mass is 348 g/mol. The van der Waals surface area contributed by atoms with E-state index in [4.69, 9.17) is 4.74 Å². The van der Waals surface area contributed by atoms with E-state index in [-0.39, 0.29) is 18.4 Å². The van der Waals surface area contributed by atoms with Crippen LogP contribution in [0.25, 0.3) is 0 Å². The Morgan fingerprint density at radius 2 is 1.88 bits per heavy atom. The van der Waals surface area contributed by atoms with E-state index in [0.29, 0.717) is 45.4 Å². The van der Waals surface area contributed by atoms with Crippen molar-refractivity contribution in [3.63, 3.8) is 0 Å².